The normalized spacial score (nSPS) is 11.4. The van der Waals surface area contributed by atoms with Crippen molar-refractivity contribution in [2.75, 3.05) is 37.1 Å². The molecule has 0 spiro atoms. The van der Waals surface area contributed by atoms with Crippen molar-refractivity contribution in [2.24, 2.45) is 0 Å². The minimum Gasteiger partial charge on any atom is -0.455 e. The van der Waals surface area contributed by atoms with Gasteiger partial charge in [-0.2, -0.15) is 11.8 Å². The highest BCUT2D eigenvalue weighted by Crippen LogP contribution is 2.20. The molecule has 0 radical (unpaired) electrons. The van der Waals surface area contributed by atoms with E-state index in [2.05, 4.69) is 17.6 Å². The molecule has 0 aliphatic rings. The summed E-state index contributed by atoms with van der Waals surface area (Å²) in [7, 11) is 1.53. The van der Waals surface area contributed by atoms with Gasteiger partial charge in [0.15, 0.2) is 0 Å². The highest BCUT2D eigenvalue weighted by Gasteiger charge is 2.17. The van der Waals surface area contributed by atoms with E-state index in [1.807, 2.05) is 0 Å². The molecule has 8 nitrogen and oxygen atoms in total. The third-order valence-electron chi connectivity index (χ3n) is 3.80. The highest BCUT2D eigenvalue weighted by molar-refractivity contribution is 7.99. The van der Waals surface area contributed by atoms with Crippen LogP contribution in [0.2, 0.25) is 0 Å². The van der Waals surface area contributed by atoms with Gasteiger partial charge < -0.3 is 24.8 Å². The van der Waals surface area contributed by atoms with Crippen LogP contribution in [0.3, 0.4) is 0 Å². The summed E-state index contributed by atoms with van der Waals surface area (Å²) in [4.78, 5) is 34.9. The monoisotopic (exact) mass is 440 g/mol. The molecule has 1 unspecified atom stereocenters. The van der Waals surface area contributed by atoms with Crippen LogP contribution in [0.5, 0.6) is 5.75 Å². The van der Waals surface area contributed by atoms with Crippen LogP contribution in [0.15, 0.2) is 24.3 Å². The summed E-state index contributed by atoms with van der Waals surface area (Å²) in [5, 5.41) is 5.23. The average Bonchev–Trinajstić information content (AvgIpc) is 2.70. The maximum absolute atomic E-state index is 12.1. The number of rotatable bonds is 15. The van der Waals surface area contributed by atoms with Crippen molar-refractivity contribution in [3.63, 3.8) is 0 Å². The smallest absolute Gasteiger partial charge is 0.328 e. The Kier molecular flexibility index (Phi) is 13.4. The Morgan fingerprint density at radius 2 is 2.00 bits per heavy atom. The van der Waals surface area contributed by atoms with Crippen LogP contribution in [0.25, 0.3) is 0 Å². The van der Waals surface area contributed by atoms with Gasteiger partial charge in [-0.3, -0.25) is 14.4 Å². The zero-order valence-corrected chi connectivity index (χ0v) is 18.7. The molecular weight excluding hydrogens is 408 g/mol. The quantitative estimate of drug-likeness (QED) is 0.245. The maximum atomic E-state index is 12.1. The first-order chi connectivity index (χ1) is 14.4. The van der Waals surface area contributed by atoms with Crippen LogP contribution in [0, 0.1) is 0 Å². The van der Waals surface area contributed by atoms with Crippen LogP contribution in [0.1, 0.15) is 39.5 Å². The van der Waals surface area contributed by atoms with E-state index < -0.39 is 12.3 Å². The van der Waals surface area contributed by atoms with E-state index in [1.54, 1.807) is 36.0 Å². The lowest BCUT2D eigenvalue weighted by molar-refractivity contribution is -0.165. The van der Waals surface area contributed by atoms with Crippen LogP contribution in [-0.2, 0) is 23.9 Å². The number of amides is 2. The second-order valence-corrected chi connectivity index (χ2v) is 7.75. The van der Waals surface area contributed by atoms with Crippen molar-refractivity contribution in [2.45, 2.75) is 45.8 Å². The maximum Gasteiger partial charge on any atom is 0.328 e. The van der Waals surface area contributed by atoms with Crippen LogP contribution in [0.4, 0.5) is 5.69 Å². The fourth-order valence-corrected chi connectivity index (χ4v) is 3.30. The Hall–Kier alpha value is -2.26. The Morgan fingerprint density at radius 1 is 1.20 bits per heavy atom. The minimum atomic E-state index is -0.882. The molecule has 0 saturated heterocycles. The average molecular weight is 441 g/mol. The third-order valence-corrected chi connectivity index (χ3v) is 4.87. The number of carbonyl (C=O) groups is 3. The van der Waals surface area contributed by atoms with Crippen molar-refractivity contribution < 1.29 is 28.6 Å². The fourth-order valence-electron chi connectivity index (χ4n) is 2.28. The molecule has 1 aromatic rings. The number of ether oxygens (including phenoxy) is 3. The van der Waals surface area contributed by atoms with Gasteiger partial charge in [-0.1, -0.05) is 19.4 Å². The first kappa shape index (κ1) is 25.8. The molecule has 1 atom stereocenters. The number of hydrogen-bond acceptors (Lipinski definition) is 7. The van der Waals surface area contributed by atoms with Gasteiger partial charge in [0.05, 0.1) is 6.61 Å². The largest absolute Gasteiger partial charge is 0.455 e. The van der Waals surface area contributed by atoms with Crippen LogP contribution in [-0.4, -0.2) is 55.8 Å². The lowest BCUT2D eigenvalue weighted by Crippen LogP contribution is -2.33. The summed E-state index contributed by atoms with van der Waals surface area (Å²) in [6, 6.07) is 6.89. The van der Waals surface area contributed by atoms with Crippen molar-refractivity contribution in [1.29, 1.82) is 0 Å². The van der Waals surface area contributed by atoms with Crippen LogP contribution >= 0.6 is 11.8 Å². The van der Waals surface area contributed by atoms with E-state index in [4.69, 9.17) is 14.2 Å². The molecule has 9 heteroatoms. The Bertz CT molecular complexity index is 671. The Balaban J connectivity index is 2.58. The molecule has 0 saturated carbocycles. The Morgan fingerprint density at radius 3 is 2.70 bits per heavy atom. The molecule has 0 heterocycles. The van der Waals surface area contributed by atoms with Gasteiger partial charge >= 0.3 is 5.97 Å². The first-order valence-electron chi connectivity index (χ1n) is 10.0. The summed E-state index contributed by atoms with van der Waals surface area (Å²) in [5.74, 6) is 1.29. The number of thioether (sulfide) groups is 1. The second kappa shape index (κ2) is 15.6. The number of methoxy groups -OCH3 is 1. The number of benzene rings is 1. The molecule has 0 aliphatic heterocycles. The molecule has 168 valence electrons. The van der Waals surface area contributed by atoms with Gasteiger partial charge in [-0.05, 0) is 24.3 Å². The van der Waals surface area contributed by atoms with Gasteiger partial charge in [-0.15, -0.1) is 0 Å². The van der Waals surface area contributed by atoms with Crippen LogP contribution < -0.4 is 15.4 Å². The number of nitrogens with one attached hydrogen (secondary N) is 2. The van der Waals surface area contributed by atoms with Gasteiger partial charge in [0, 0.05) is 44.4 Å². The number of hydrogen-bond donors (Lipinski definition) is 2. The van der Waals surface area contributed by atoms with E-state index >= 15 is 0 Å². The molecule has 0 fully saturated rings. The minimum absolute atomic E-state index is 0.0613. The number of anilines is 1. The zero-order valence-electron chi connectivity index (χ0n) is 17.9. The SMILES string of the molecule is CCCCSCCC(=O)Nc1cccc(OC(CCOC)OC(=O)CNC(C)=O)c1. The summed E-state index contributed by atoms with van der Waals surface area (Å²) in [6.45, 7) is 3.54. The van der Waals surface area contributed by atoms with Gasteiger partial charge in [0.2, 0.25) is 18.1 Å². The number of carbonyl (C=O) groups excluding carboxylic acids is 3. The summed E-state index contributed by atoms with van der Waals surface area (Å²) < 4.78 is 16.0. The van der Waals surface area contributed by atoms with E-state index in [0.29, 0.717) is 30.9 Å². The first-order valence-corrected chi connectivity index (χ1v) is 11.2. The predicted octanol–water partition coefficient (Wildman–Crippen LogP) is 2.97. The van der Waals surface area contributed by atoms with E-state index in [1.165, 1.54) is 14.0 Å². The van der Waals surface area contributed by atoms with E-state index in [-0.39, 0.29) is 18.4 Å². The molecule has 30 heavy (non-hydrogen) atoms. The molecule has 2 amide bonds. The highest BCUT2D eigenvalue weighted by atomic mass is 32.2. The van der Waals surface area contributed by atoms with Crippen molar-refractivity contribution in [3.8, 4) is 5.75 Å². The summed E-state index contributed by atoms with van der Waals surface area (Å²) in [5.41, 5.74) is 0.603. The molecule has 2 N–H and O–H groups in total. The summed E-state index contributed by atoms with van der Waals surface area (Å²) in [6.07, 6.45) is 2.18. The number of unbranched alkanes of at least 4 members (excludes halogenated alkanes) is 1. The zero-order chi connectivity index (χ0) is 22.2. The predicted molar refractivity (Wildman–Crippen MR) is 118 cm³/mol. The summed E-state index contributed by atoms with van der Waals surface area (Å²) >= 11 is 1.78. The molecule has 0 aromatic heterocycles. The Labute approximate surface area is 182 Å². The van der Waals surface area contributed by atoms with Crippen molar-refractivity contribution >= 4 is 35.2 Å². The second-order valence-electron chi connectivity index (χ2n) is 6.52. The van der Waals surface area contributed by atoms with E-state index in [0.717, 1.165) is 24.3 Å². The molecule has 1 rings (SSSR count). The van der Waals surface area contributed by atoms with E-state index in [9.17, 15) is 14.4 Å². The lowest BCUT2D eigenvalue weighted by atomic mass is 10.3. The fraction of sp³-hybridized carbons (Fsp3) is 0.571. The molecule has 1 aromatic carbocycles. The number of esters is 1. The third kappa shape index (κ3) is 12.3. The van der Waals surface area contributed by atoms with Gasteiger partial charge in [0.25, 0.3) is 0 Å². The van der Waals surface area contributed by atoms with Gasteiger partial charge in [0.1, 0.15) is 12.3 Å². The lowest BCUT2D eigenvalue weighted by Gasteiger charge is -2.19. The van der Waals surface area contributed by atoms with Crippen molar-refractivity contribution in [1.82, 2.24) is 5.32 Å². The molecule has 0 bridgehead atoms. The van der Waals surface area contributed by atoms with Gasteiger partial charge in [-0.25, -0.2) is 0 Å². The topological polar surface area (TPSA) is 103 Å². The standard InChI is InChI=1S/C21H32N2O6S/c1-4-5-12-30-13-10-19(25)23-17-7-6-8-18(14-17)28-21(9-11-27-3)29-20(26)15-22-16(2)24/h6-8,14,21H,4-5,9-13,15H2,1-3H3,(H,22,24)(H,23,25). The molecular formula is C21H32N2O6S. The molecule has 0 aliphatic carbocycles. The van der Waals surface area contributed by atoms with Crippen molar-refractivity contribution in [3.05, 3.63) is 24.3 Å².